The van der Waals surface area contributed by atoms with E-state index in [1.54, 1.807) is 42.5 Å². The van der Waals surface area contributed by atoms with Crippen molar-refractivity contribution in [3.63, 3.8) is 0 Å². The van der Waals surface area contributed by atoms with Crippen molar-refractivity contribution in [1.82, 2.24) is 9.97 Å². The average Bonchev–Trinajstić information content (AvgIpc) is 2.77. The molecule has 1 aromatic heterocycles. The summed E-state index contributed by atoms with van der Waals surface area (Å²) in [5, 5.41) is 40.7. The lowest BCUT2D eigenvalue weighted by Crippen LogP contribution is -2.55. The van der Waals surface area contributed by atoms with Gasteiger partial charge in [0.05, 0.1) is 24.6 Å². The molecule has 1 aliphatic heterocycles. The van der Waals surface area contributed by atoms with E-state index in [1.807, 2.05) is 0 Å². The predicted molar refractivity (Wildman–Crippen MR) is 107 cm³/mol. The van der Waals surface area contributed by atoms with Gasteiger partial charge in [-0.2, -0.15) is 0 Å². The molecule has 9 nitrogen and oxygen atoms in total. The van der Waals surface area contributed by atoms with Crippen molar-refractivity contribution in [1.29, 1.82) is 0 Å². The van der Waals surface area contributed by atoms with Crippen molar-refractivity contribution < 1.29 is 29.9 Å². The number of aromatic nitrogens is 2. The topological polar surface area (TPSA) is 145 Å². The fourth-order valence-electron chi connectivity index (χ4n) is 3.69. The van der Waals surface area contributed by atoms with E-state index in [0.717, 1.165) is 0 Å². The Kier molecular flexibility index (Phi) is 5.54. The number of benzene rings is 2. The molecule has 2 heterocycles. The minimum atomic E-state index is -1.53. The summed E-state index contributed by atoms with van der Waals surface area (Å²) in [6.07, 6.45) is -6.62. The van der Waals surface area contributed by atoms with Gasteiger partial charge in [0.25, 0.3) is 5.56 Å². The molecule has 3 aromatic rings. The molecule has 158 valence electrons. The zero-order valence-electron chi connectivity index (χ0n) is 16.1. The zero-order valence-corrected chi connectivity index (χ0v) is 16.1. The number of methoxy groups -OCH3 is 1. The molecule has 0 spiro atoms. The Labute approximate surface area is 171 Å². The van der Waals surface area contributed by atoms with Gasteiger partial charge in [-0.25, -0.2) is 4.98 Å². The molecule has 0 aliphatic carbocycles. The fraction of sp³-hybridized carbons (Fsp3) is 0.333. The van der Waals surface area contributed by atoms with Crippen LogP contribution in [0.3, 0.4) is 0 Å². The maximum Gasteiger partial charge on any atom is 0.259 e. The minimum absolute atomic E-state index is 0.226. The first-order valence-electron chi connectivity index (χ1n) is 9.42. The van der Waals surface area contributed by atoms with E-state index in [1.165, 1.54) is 7.11 Å². The Bertz CT molecular complexity index is 1110. The number of para-hydroxylation sites is 1. The number of nitrogens with one attached hydrogen (secondary N) is 1. The monoisotopic (exact) mass is 414 g/mol. The Morgan fingerprint density at radius 3 is 2.60 bits per heavy atom. The number of H-pyrrole nitrogens is 1. The Hall–Kier alpha value is -2.82. The Balaban J connectivity index is 1.88. The van der Waals surface area contributed by atoms with E-state index in [2.05, 4.69) is 9.97 Å². The number of aliphatic hydroxyl groups excluding tert-OH is 4. The summed E-state index contributed by atoms with van der Waals surface area (Å²) in [4.78, 5) is 19.8. The second-order valence-electron chi connectivity index (χ2n) is 7.13. The largest absolute Gasteiger partial charge is 0.497 e. The number of fused-ring (bicyclic) bond motifs is 1. The molecule has 1 aliphatic rings. The van der Waals surface area contributed by atoms with E-state index >= 15 is 0 Å². The van der Waals surface area contributed by atoms with Gasteiger partial charge in [-0.1, -0.05) is 18.2 Å². The van der Waals surface area contributed by atoms with Crippen LogP contribution in [0.2, 0.25) is 0 Å². The summed E-state index contributed by atoms with van der Waals surface area (Å²) >= 11 is 0. The van der Waals surface area contributed by atoms with Gasteiger partial charge in [0.2, 0.25) is 0 Å². The number of rotatable bonds is 4. The third-order valence-electron chi connectivity index (χ3n) is 5.33. The van der Waals surface area contributed by atoms with E-state index in [9.17, 15) is 25.2 Å². The lowest BCUT2D eigenvalue weighted by molar-refractivity contribution is -0.231. The van der Waals surface area contributed by atoms with Gasteiger partial charge in [0.15, 0.2) is 0 Å². The number of hydrogen-bond acceptors (Lipinski definition) is 8. The third kappa shape index (κ3) is 3.47. The van der Waals surface area contributed by atoms with Crippen LogP contribution < -0.4 is 10.3 Å². The lowest BCUT2D eigenvalue weighted by atomic mass is 9.89. The lowest BCUT2D eigenvalue weighted by Gasteiger charge is -2.40. The Morgan fingerprint density at radius 1 is 1.10 bits per heavy atom. The fourth-order valence-corrected chi connectivity index (χ4v) is 3.69. The molecule has 9 heteroatoms. The highest BCUT2D eigenvalue weighted by molar-refractivity contribution is 5.79. The first-order valence-corrected chi connectivity index (χ1v) is 9.42. The standard InChI is InChI=1S/C21H22N2O7/c1-29-10-6-7-11(19-18(27)17(26)16(25)15(9-24)30-19)13(8-10)20-22-14-5-3-2-4-12(14)21(28)23-20/h2-8,15-19,24-27H,9H2,1H3,(H,22,23,28)/t15-,16+,17+,18-,19?/m1/s1. The van der Waals surface area contributed by atoms with Gasteiger partial charge in [0.1, 0.15) is 42.1 Å². The molecular weight excluding hydrogens is 392 g/mol. The van der Waals surface area contributed by atoms with Crippen LogP contribution >= 0.6 is 0 Å². The summed E-state index contributed by atoms with van der Waals surface area (Å²) in [5.74, 6) is 0.707. The first-order chi connectivity index (χ1) is 14.4. The molecule has 30 heavy (non-hydrogen) atoms. The molecular formula is C21H22N2O7. The molecule has 0 saturated carbocycles. The highest BCUT2D eigenvalue weighted by Gasteiger charge is 2.44. The number of aromatic amines is 1. The van der Waals surface area contributed by atoms with Crippen molar-refractivity contribution >= 4 is 10.9 Å². The predicted octanol–water partition coefficient (Wildman–Crippen LogP) is 0.114. The number of aliphatic hydroxyl groups is 4. The second kappa shape index (κ2) is 8.13. The highest BCUT2D eigenvalue weighted by atomic mass is 16.5. The zero-order chi connectivity index (χ0) is 21.4. The number of nitrogens with zero attached hydrogens (tertiary/aromatic N) is 1. The van der Waals surface area contributed by atoms with Crippen LogP contribution in [0.5, 0.6) is 5.75 Å². The van der Waals surface area contributed by atoms with Gasteiger partial charge in [-0.15, -0.1) is 0 Å². The van der Waals surface area contributed by atoms with E-state index in [0.29, 0.717) is 27.8 Å². The quantitative estimate of drug-likeness (QED) is 0.405. The molecule has 1 saturated heterocycles. The summed E-state index contributed by atoms with van der Waals surface area (Å²) < 4.78 is 11.0. The summed E-state index contributed by atoms with van der Waals surface area (Å²) in [6, 6.07) is 11.8. The molecule has 2 aromatic carbocycles. The van der Waals surface area contributed by atoms with Gasteiger partial charge < -0.3 is 34.9 Å². The van der Waals surface area contributed by atoms with Crippen molar-refractivity contribution in [2.75, 3.05) is 13.7 Å². The van der Waals surface area contributed by atoms with Gasteiger partial charge in [-0.05, 0) is 29.8 Å². The normalized spacial score (nSPS) is 26.6. The molecule has 5 atom stereocenters. The maximum atomic E-state index is 12.6. The van der Waals surface area contributed by atoms with Crippen LogP contribution in [0.4, 0.5) is 0 Å². The average molecular weight is 414 g/mol. The smallest absolute Gasteiger partial charge is 0.259 e. The number of hydrogen-bond donors (Lipinski definition) is 5. The Morgan fingerprint density at radius 2 is 1.87 bits per heavy atom. The van der Waals surface area contributed by atoms with Crippen molar-refractivity contribution in [2.45, 2.75) is 30.5 Å². The van der Waals surface area contributed by atoms with Crippen LogP contribution in [0.25, 0.3) is 22.3 Å². The van der Waals surface area contributed by atoms with Crippen molar-refractivity contribution in [3.8, 4) is 17.1 Å². The summed E-state index contributed by atoms with van der Waals surface area (Å²) in [7, 11) is 1.49. The third-order valence-corrected chi connectivity index (χ3v) is 5.33. The van der Waals surface area contributed by atoms with Crippen molar-refractivity contribution in [2.24, 2.45) is 0 Å². The molecule has 0 amide bonds. The van der Waals surface area contributed by atoms with Gasteiger partial charge in [0, 0.05) is 5.56 Å². The minimum Gasteiger partial charge on any atom is -0.497 e. The van der Waals surface area contributed by atoms with E-state index < -0.39 is 37.1 Å². The van der Waals surface area contributed by atoms with E-state index in [4.69, 9.17) is 9.47 Å². The molecule has 0 radical (unpaired) electrons. The summed E-state index contributed by atoms with van der Waals surface area (Å²) in [5.41, 5.74) is 0.977. The highest BCUT2D eigenvalue weighted by Crippen LogP contribution is 2.38. The van der Waals surface area contributed by atoms with Crippen molar-refractivity contribution in [3.05, 3.63) is 58.4 Å². The molecule has 0 bridgehead atoms. The van der Waals surface area contributed by atoms with Gasteiger partial charge >= 0.3 is 0 Å². The molecule has 1 unspecified atom stereocenters. The second-order valence-corrected chi connectivity index (χ2v) is 7.13. The molecule has 1 fully saturated rings. The SMILES string of the molecule is COc1ccc(C2O[C@H](CO)[C@H](O)[C@H](O)[C@H]2O)c(-c2nc3ccccc3c(=O)[nH]2)c1. The van der Waals surface area contributed by atoms with Crippen LogP contribution in [0.1, 0.15) is 11.7 Å². The van der Waals surface area contributed by atoms with Crippen LogP contribution in [0, 0.1) is 0 Å². The molecule has 4 rings (SSSR count). The van der Waals surface area contributed by atoms with Crippen LogP contribution in [0.15, 0.2) is 47.3 Å². The first kappa shape index (κ1) is 20.5. The summed E-state index contributed by atoms with van der Waals surface area (Å²) in [6.45, 7) is -0.544. The maximum absolute atomic E-state index is 12.6. The number of ether oxygens (including phenoxy) is 2. The molecule has 5 N–H and O–H groups in total. The van der Waals surface area contributed by atoms with Gasteiger partial charge in [-0.3, -0.25) is 4.79 Å². The van der Waals surface area contributed by atoms with Crippen LogP contribution in [-0.2, 0) is 4.74 Å². The van der Waals surface area contributed by atoms with Crippen LogP contribution in [-0.4, -0.2) is 68.5 Å². The van der Waals surface area contributed by atoms with E-state index in [-0.39, 0.29) is 11.4 Å².